The predicted octanol–water partition coefficient (Wildman–Crippen LogP) is 2.44. The van der Waals surface area contributed by atoms with E-state index in [0.29, 0.717) is 17.9 Å². The summed E-state index contributed by atoms with van der Waals surface area (Å²) in [5.41, 5.74) is 10.3. The zero-order valence-corrected chi connectivity index (χ0v) is 16.7. The lowest BCUT2D eigenvalue weighted by atomic mass is 9.49. The van der Waals surface area contributed by atoms with Crippen LogP contribution in [0.1, 0.15) is 34.9 Å². The molecule has 7 rings (SSSR count). The first-order valence-corrected chi connectivity index (χ1v) is 10.6. The number of piperidine rings is 1. The molecule has 0 saturated carbocycles. The molecule has 6 nitrogen and oxygen atoms in total. The largest absolute Gasteiger partial charge is 0.504 e. The molecule has 0 unspecified atom stereocenters. The van der Waals surface area contributed by atoms with Crippen LogP contribution < -0.4 is 10.5 Å². The Morgan fingerprint density at radius 1 is 1.23 bits per heavy atom. The van der Waals surface area contributed by atoms with Crippen molar-refractivity contribution >= 4 is 16.6 Å². The van der Waals surface area contributed by atoms with Gasteiger partial charge in [0, 0.05) is 34.7 Å². The van der Waals surface area contributed by atoms with E-state index < -0.39 is 17.1 Å². The lowest BCUT2D eigenvalue weighted by Gasteiger charge is -2.62. The number of para-hydroxylation sites is 1. The molecule has 3 aromatic rings. The number of pyridine rings is 1. The molecule has 1 aromatic heterocycles. The number of phenolic OH excluding ortho intramolecular Hbond substituents is 1. The maximum Gasteiger partial charge on any atom is 0.166 e. The Kier molecular flexibility index (Phi) is 2.86. The second-order valence-corrected chi connectivity index (χ2v) is 9.38. The molecule has 6 heteroatoms. The fraction of sp³-hybridized carbons (Fsp3) is 0.375. The van der Waals surface area contributed by atoms with Crippen LogP contribution in [0.2, 0.25) is 0 Å². The van der Waals surface area contributed by atoms with Crippen LogP contribution in [0.4, 0.5) is 5.69 Å². The topological polar surface area (TPSA) is 91.8 Å². The lowest BCUT2D eigenvalue weighted by molar-refractivity contribution is -0.167. The number of nitrogens with two attached hydrogens (primary N) is 1. The number of aromatic hydroxyl groups is 1. The van der Waals surface area contributed by atoms with E-state index >= 15 is 0 Å². The van der Waals surface area contributed by atoms with E-state index in [0.717, 1.165) is 52.7 Å². The van der Waals surface area contributed by atoms with Gasteiger partial charge in [0.2, 0.25) is 0 Å². The highest BCUT2D eigenvalue weighted by Gasteiger charge is 2.72. The minimum absolute atomic E-state index is 0.0423. The second-order valence-electron chi connectivity index (χ2n) is 9.38. The summed E-state index contributed by atoms with van der Waals surface area (Å²) in [5, 5.41) is 24.0. The molecule has 0 radical (unpaired) electrons. The number of fused-ring (bicyclic) bond motifs is 3. The molecule has 4 atom stereocenters. The molecule has 1 spiro atoms. The Bertz CT molecular complexity index is 1270. The number of nitrogen functional groups attached to an aromatic ring is 1. The van der Waals surface area contributed by atoms with Crippen LogP contribution in [0.15, 0.2) is 36.4 Å². The number of phenols is 1. The maximum absolute atomic E-state index is 12.4. The first kappa shape index (κ1) is 16.9. The standard InChI is InChI=1S/C24H23N3O3/c1-27-9-8-23-18-12-6-7-16(28)21(18)30-22(23)20-14(11-24(23,29)17(27)10-12)19(25)13-4-2-3-5-15(13)26-20/h2-7,17,22,28-29H,8-11H2,1H3,(H2,25,26)/t17-,22-,23-,24+/m0/s1. The Morgan fingerprint density at radius 2 is 2.07 bits per heavy atom. The Morgan fingerprint density at radius 3 is 2.93 bits per heavy atom. The number of likely N-dealkylation sites (N-methyl/N-ethyl adjacent to an activating group) is 1. The molecule has 1 fully saturated rings. The third-order valence-corrected chi connectivity index (χ3v) is 8.24. The molecule has 4 aliphatic rings. The highest BCUT2D eigenvalue weighted by Crippen LogP contribution is 2.68. The molecule has 2 bridgehead atoms. The quantitative estimate of drug-likeness (QED) is 0.536. The predicted molar refractivity (Wildman–Crippen MR) is 113 cm³/mol. The molecule has 152 valence electrons. The third-order valence-electron chi connectivity index (χ3n) is 8.24. The van der Waals surface area contributed by atoms with Gasteiger partial charge in [-0.15, -0.1) is 0 Å². The molecule has 2 aliphatic heterocycles. The van der Waals surface area contributed by atoms with Crippen LogP contribution in [0.25, 0.3) is 10.9 Å². The van der Waals surface area contributed by atoms with Crippen LogP contribution in [-0.2, 0) is 18.3 Å². The number of benzene rings is 2. The Labute approximate surface area is 173 Å². The summed E-state index contributed by atoms with van der Waals surface area (Å²) in [4.78, 5) is 7.27. The van der Waals surface area contributed by atoms with Gasteiger partial charge in [-0.2, -0.15) is 0 Å². The van der Waals surface area contributed by atoms with Crippen LogP contribution >= 0.6 is 0 Å². The Hall–Kier alpha value is -2.83. The smallest absolute Gasteiger partial charge is 0.166 e. The highest BCUT2D eigenvalue weighted by atomic mass is 16.5. The number of anilines is 1. The van der Waals surface area contributed by atoms with Crippen LogP contribution in [0.3, 0.4) is 0 Å². The summed E-state index contributed by atoms with van der Waals surface area (Å²) in [5.74, 6) is 0.646. The van der Waals surface area contributed by atoms with Gasteiger partial charge >= 0.3 is 0 Å². The van der Waals surface area contributed by atoms with E-state index in [9.17, 15) is 10.2 Å². The number of ether oxygens (including phenoxy) is 1. The number of nitrogens with zero attached hydrogens (tertiary/aromatic N) is 2. The van der Waals surface area contributed by atoms with Crippen molar-refractivity contribution in [1.29, 1.82) is 0 Å². The normalized spacial score (nSPS) is 33.1. The fourth-order valence-electron chi connectivity index (χ4n) is 6.89. The highest BCUT2D eigenvalue weighted by molar-refractivity contribution is 5.92. The molecule has 1 saturated heterocycles. The number of hydrogen-bond donors (Lipinski definition) is 3. The SMILES string of the molecule is CN1CC[C@]23c4c5ccc(O)c4O[C@H]2c2nc4ccccc4c(N)c2C[C@@]3(O)[C@@H]1C5. The van der Waals surface area contributed by atoms with E-state index in [1.165, 1.54) is 0 Å². The van der Waals surface area contributed by atoms with Crippen LogP contribution in [0, 0.1) is 0 Å². The summed E-state index contributed by atoms with van der Waals surface area (Å²) in [7, 11) is 2.09. The van der Waals surface area contributed by atoms with Crippen molar-refractivity contribution in [2.75, 3.05) is 19.3 Å². The summed E-state index contributed by atoms with van der Waals surface area (Å²) < 4.78 is 6.49. The van der Waals surface area contributed by atoms with Gasteiger partial charge in [0.1, 0.15) is 0 Å². The van der Waals surface area contributed by atoms with Crippen LogP contribution in [-0.4, -0.2) is 45.3 Å². The summed E-state index contributed by atoms with van der Waals surface area (Å²) in [6.45, 7) is 0.861. The minimum Gasteiger partial charge on any atom is -0.504 e. The number of likely N-dealkylation sites (tertiary alicyclic amines) is 1. The minimum atomic E-state index is -1.04. The molecular weight excluding hydrogens is 378 g/mol. The lowest BCUT2D eigenvalue weighted by Crippen LogP contribution is -2.74. The van der Waals surface area contributed by atoms with Gasteiger partial charge in [0.05, 0.1) is 22.2 Å². The van der Waals surface area contributed by atoms with E-state index in [1.807, 2.05) is 30.3 Å². The molecule has 0 amide bonds. The number of rotatable bonds is 0. The van der Waals surface area contributed by atoms with Crippen molar-refractivity contribution in [3.05, 3.63) is 58.8 Å². The molecule has 3 heterocycles. The first-order chi connectivity index (χ1) is 14.5. The van der Waals surface area contributed by atoms with Crippen molar-refractivity contribution in [1.82, 2.24) is 9.88 Å². The van der Waals surface area contributed by atoms with E-state index in [1.54, 1.807) is 6.07 Å². The van der Waals surface area contributed by atoms with Crippen molar-refractivity contribution in [3.63, 3.8) is 0 Å². The number of aliphatic hydroxyl groups is 1. The van der Waals surface area contributed by atoms with E-state index in [4.69, 9.17) is 15.5 Å². The van der Waals surface area contributed by atoms with Gasteiger partial charge in [-0.1, -0.05) is 24.3 Å². The second kappa shape index (κ2) is 5.07. The number of aromatic nitrogens is 1. The van der Waals surface area contributed by atoms with Gasteiger partial charge in [-0.25, -0.2) is 4.98 Å². The number of hydrogen-bond acceptors (Lipinski definition) is 6. The summed E-state index contributed by atoms with van der Waals surface area (Å²) >= 11 is 0. The molecule has 2 aliphatic carbocycles. The monoisotopic (exact) mass is 401 g/mol. The van der Waals surface area contributed by atoms with E-state index in [2.05, 4.69) is 11.9 Å². The van der Waals surface area contributed by atoms with Gasteiger partial charge in [0.15, 0.2) is 17.6 Å². The molecular formula is C24H23N3O3. The van der Waals surface area contributed by atoms with Gasteiger partial charge in [-0.05, 0) is 44.1 Å². The van der Waals surface area contributed by atoms with Gasteiger partial charge in [0.25, 0.3) is 0 Å². The summed E-state index contributed by atoms with van der Waals surface area (Å²) in [6, 6.07) is 11.5. The summed E-state index contributed by atoms with van der Waals surface area (Å²) in [6.07, 6.45) is 1.45. The zero-order chi connectivity index (χ0) is 20.4. The molecule has 30 heavy (non-hydrogen) atoms. The fourth-order valence-corrected chi connectivity index (χ4v) is 6.89. The zero-order valence-electron chi connectivity index (χ0n) is 16.7. The van der Waals surface area contributed by atoms with Gasteiger partial charge < -0.3 is 25.6 Å². The molecule has 2 aromatic carbocycles. The average molecular weight is 401 g/mol. The van der Waals surface area contributed by atoms with Gasteiger partial charge in [-0.3, -0.25) is 0 Å². The average Bonchev–Trinajstić information content (AvgIpc) is 3.09. The van der Waals surface area contributed by atoms with Crippen molar-refractivity contribution in [2.24, 2.45) is 0 Å². The van der Waals surface area contributed by atoms with Crippen molar-refractivity contribution in [3.8, 4) is 11.5 Å². The van der Waals surface area contributed by atoms with Crippen molar-refractivity contribution < 1.29 is 14.9 Å². The Balaban J connectivity index is 1.61. The third kappa shape index (κ3) is 1.62. The van der Waals surface area contributed by atoms with E-state index in [-0.39, 0.29) is 11.8 Å². The first-order valence-electron chi connectivity index (χ1n) is 10.6. The maximum atomic E-state index is 12.4. The van der Waals surface area contributed by atoms with Crippen molar-refractivity contribution in [2.45, 2.75) is 42.4 Å². The van der Waals surface area contributed by atoms with Crippen LogP contribution in [0.5, 0.6) is 11.5 Å². The molecule has 4 N–H and O–H groups in total.